The van der Waals surface area contributed by atoms with E-state index in [1.165, 1.54) is 6.07 Å². The van der Waals surface area contributed by atoms with Gasteiger partial charge in [0.1, 0.15) is 0 Å². The second kappa shape index (κ2) is 6.16. The van der Waals surface area contributed by atoms with E-state index in [2.05, 4.69) is 4.98 Å². The molecule has 6 heteroatoms. The van der Waals surface area contributed by atoms with E-state index < -0.39 is 11.6 Å². The van der Waals surface area contributed by atoms with E-state index in [1.54, 1.807) is 59.7 Å². The topological polar surface area (TPSA) is 39.8 Å². The van der Waals surface area contributed by atoms with E-state index in [9.17, 15) is 13.6 Å². The molecule has 0 unspecified atom stereocenters. The fourth-order valence-electron chi connectivity index (χ4n) is 3.44. The highest BCUT2D eigenvalue weighted by atomic mass is 19.3. The lowest BCUT2D eigenvalue weighted by Gasteiger charge is -2.15. The van der Waals surface area contributed by atoms with Gasteiger partial charge in [0.25, 0.3) is 5.56 Å². The Bertz CT molecular complexity index is 1190. The van der Waals surface area contributed by atoms with E-state index >= 15 is 0 Å². The second-order valence-electron chi connectivity index (χ2n) is 6.00. The minimum atomic E-state index is -3.36. The summed E-state index contributed by atoms with van der Waals surface area (Å²) in [5.74, 6) is 0. The van der Waals surface area contributed by atoms with E-state index in [1.807, 2.05) is 19.9 Å². The number of hydrogen-bond donors (Lipinski definition) is 0. The Labute approximate surface area is 154 Å². The number of halogens is 2. The molecule has 0 atom stereocenters. The predicted octanol–water partition coefficient (Wildman–Crippen LogP) is 4.79. The summed E-state index contributed by atoms with van der Waals surface area (Å²) in [6, 6.07) is 9.74. The monoisotopic (exact) mass is 365 g/mol. The molecule has 0 N–H and O–H groups in total. The second-order valence-corrected chi connectivity index (χ2v) is 6.00. The summed E-state index contributed by atoms with van der Waals surface area (Å²) in [7, 11) is 0. The molecular formula is C21H17F2N3O. The maximum absolute atomic E-state index is 14.8. The fraction of sp³-hybridized carbons (Fsp3) is 0.143. The minimum absolute atomic E-state index is 0.141. The van der Waals surface area contributed by atoms with Crippen LogP contribution in [0.1, 0.15) is 19.4 Å². The van der Waals surface area contributed by atoms with Crippen molar-refractivity contribution in [1.82, 2.24) is 14.1 Å². The number of benzene rings is 2. The van der Waals surface area contributed by atoms with Crippen molar-refractivity contribution >= 4 is 10.8 Å². The van der Waals surface area contributed by atoms with E-state index in [0.717, 1.165) is 0 Å². The average molecular weight is 365 g/mol. The number of alkyl halides is 2. The molecule has 4 nitrogen and oxygen atoms in total. The molecule has 5 rings (SSSR count). The third-order valence-corrected chi connectivity index (χ3v) is 4.61. The van der Waals surface area contributed by atoms with Crippen molar-refractivity contribution in [2.45, 2.75) is 19.9 Å². The number of rotatable bonds is 1. The molecule has 2 aromatic heterocycles. The molecule has 136 valence electrons. The molecule has 1 aliphatic rings. The van der Waals surface area contributed by atoms with Gasteiger partial charge in [0, 0.05) is 29.0 Å². The Morgan fingerprint density at radius 3 is 2.56 bits per heavy atom. The van der Waals surface area contributed by atoms with Gasteiger partial charge in [-0.05, 0) is 23.6 Å². The Kier molecular flexibility index (Phi) is 3.91. The molecule has 0 bridgehead atoms. The summed E-state index contributed by atoms with van der Waals surface area (Å²) in [6.07, 6.45) is 4.94. The molecule has 0 saturated heterocycles. The van der Waals surface area contributed by atoms with Crippen LogP contribution in [0.3, 0.4) is 0 Å². The van der Waals surface area contributed by atoms with Crippen molar-refractivity contribution in [2.24, 2.45) is 0 Å². The molecule has 0 fully saturated rings. The van der Waals surface area contributed by atoms with Crippen molar-refractivity contribution in [1.29, 1.82) is 0 Å². The zero-order chi connectivity index (χ0) is 19.2. The number of aromatic nitrogens is 3. The van der Waals surface area contributed by atoms with Gasteiger partial charge in [-0.25, -0.2) is 9.55 Å². The van der Waals surface area contributed by atoms with Gasteiger partial charge in [0.15, 0.2) is 0 Å². The predicted molar refractivity (Wildman–Crippen MR) is 101 cm³/mol. The minimum Gasteiger partial charge on any atom is -0.306 e. The zero-order valence-electron chi connectivity index (χ0n) is 14.9. The van der Waals surface area contributed by atoms with Gasteiger partial charge >= 0.3 is 6.05 Å². The van der Waals surface area contributed by atoms with Crippen LogP contribution in [-0.2, 0) is 6.05 Å². The number of pyridine rings is 1. The molecule has 4 aromatic rings. The lowest BCUT2D eigenvalue weighted by Crippen LogP contribution is -2.32. The smallest absolute Gasteiger partial charge is 0.306 e. The summed E-state index contributed by atoms with van der Waals surface area (Å²) in [5.41, 5.74) is 0.494. The van der Waals surface area contributed by atoms with Crippen LogP contribution >= 0.6 is 0 Å². The number of nitrogens with zero attached hydrogens (tertiary/aromatic N) is 3. The van der Waals surface area contributed by atoms with Crippen molar-refractivity contribution in [3.05, 3.63) is 83.2 Å². The molecule has 0 spiro atoms. The zero-order valence-corrected chi connectivity index (χ0v) is 14.9. The van der Waals surface area contributed by atoms with Crippen LogP contribution in [0.5, 0.6) is 0 Å². The molecule has 0 saturated carbocycles. The van der Waals surface area contributed by atoms with Gasteiger partial charge < -0.3 is 4.57 Å². The van der Waals surface area contributed by atoms with Crippen molar-refractivity contribution < 1.29 is 8.78 Å². The first-order valence-corrected chi connectivity index (χ1v) is 8.74. The van der Waals surface area contributed by atoms with Crippen LogP contribution in [0, 0.1) is 0 Å². The van der Waals surface area contributed by atoms with Gasteiger partial charge in [-0.3, -0.25) is 4.79 Å². The van der Waals surface area contributed by atoms with Gasteiger partial charge in [0.2, 0.25) is 0 Å². The first-order chi connectivity index (χ1) is 13.1. The van der Waals surface area contributed by atoms with Crippen LogP contribution in [0.2, 0.25) is 0 Å². The van der Waals surface area contributed by atoms with Crippen molar-refractivity contribution in [2.75, 3.05) is 0 Å². The van der Waals surface area contributed by atoms with Crippen LogP contribution in [-0.4, -0.2) is 14.1 Å². The molecule has 27 heavy (non-hydrogen) atoms. The molecule has 1 aliphatic heterocycles. The summed E-state index contributed by atoms with van der Waals surface area (Å²) in [4.78, 5) is 16.9. The Hall–Kier alpha value is -3.28. The lowest BCUT2D eigenvalue weighted by molar-refractivity contribution is -0.0309. The summed E-state index contributed by atoms with van der Waals surface area (Å²) in [6.45, 7) is 4.00. The third kappa shape index (κ3) is 2.40. The van der Waals surface area contributed by atoms with Crippen molar-refractivity contribution in [3.63, 3.8) is 0 Å². The van der Waals surface area contributed by atoms with Crippen LogP contribution < -0.4 is 5.56 Å². The highest BCUT2D eigenvalue weighted by Gasteiger charge is 2.45. The molecule has 3 heterocycles. The molecule has 2 aromatic carbocycles. The third-order valence-electron chi connectivity index (χ3n) is 4.61. The summed E-state index contributed by atoms with van der Waals surface area (Å²) in [5, 5.41) is 0.884. The number of hydrogen-bond acceptors (Lipinski definition) is 2. The summed E-state index contributed by atoms with van der Waals surface area (Å²) >= 11 is 0. The van der Waals surface area contributed by atoms with E-state index in [0.29, 0.717) is 21.2 Å². The van der Waals surface area contributed by atoms with E-state index in [4.69, 9.17) is 0 Å². The Balaban J connectivity index is 0.000000872. The number of fused-ring (bicyclic) bond motifs is 4. The quantitative estimate of drug-likeness (QED) is 0.486. The maximum atomic E-state index is 14.8. The first-order valence-electron chi connectivity index (χ1n) is 8.74. The summed E-state index contributed by atoms with van der Waals surface area (Å²) < 4.78 is 32.0. The van der Waals surface area contributed by atoms with Gasteiger partial charge in [-0.2, -0.15) is 8.78 Å². The molecular weight excluding hydrogens is 348 g/mol. The van der Waals surface area contributed by atoms with Crippen LogP contribution in [0.25, 0.3) is 27.7 Å². The first kappa shape index (κ1) is 17.1. The van der Waals surface area contributed by atoms with Crippen LogP contribution in [0.15, 0.2) is 72.0 Å². The fourth-order valence-corrected chi connectivity index (χ4v) is 3.44. The average Bonchev–Trinajstić information content (AvgIpc) is 3.30. The maximum Gasteiger partial charge on any atom is 0.359 e. The van der Waals surface area contributed by atoms with Gasteiger partial charge in [-0.1, -0.05) is 44.2 Å². The van der Waals surface area contributed by atoms with E-state index in [-0.39, 0.29) is 16.6 Å². The Morgan fingerprint density at radius 2 is 1.81 bits per heavy atom. The lowest BCUT2D eigenvalue weighted by atomic mass is 10.1. The normalized spacial score (nSPS) is 13.6. The highest BCUT2D eigenvalue weighted by Crippen LogP contribution is 2.44. The highest BCUT2D eigenvalue weighted by molar-refractivity contribution is 5.88. The van der Waals surface area contributed by atoms with Gasteiger partial charge in [-0.15, -0.1) is 0 Å². The SMILES string of the molecule is CC.O=c1c2cc(-n3ccnc3)ccc2cc2n1C(F)(F)c1ccccc1-2. The molecule has 0 radical (unpaired) electrons. The standard InChI is InChI=1S/C19H11F2N3O.C2H6/c20-19(21)16-4-2-1-3-14(16)17-9-12-5-6-13(23-8-7-22-11-23)10-15(12)18(25)24(17)19;1-2/h1-11H;1-2H3. The molecule has 0 aliphatic carbocycles. The van der Waals surface area contributed by atoms with Crippen molar-refractivity contribution in [3.8, 4) is 16.9 Å². The van der Waals surface area contributed by atoms with Gasteiger partial charge in [0.05, 0.1) is 17.6 Å². The molecule has 0 amide bonds. The largest absolute Gasteiger partial charge is 0.359 e. The van der Waals surface area contributed by atoms with Crippen LogP contribution in [0.4, 0.5) is 8.78 Å². The number of imidazole rings is 1. The Morgan fingerprint density at radius 1 is 1.04 bits per heavy atom.